The Kier molecular flexibility index (Phi) is 5.03. The fraction of sp³-hybridized carbons (Fsp3) is 0.571. The number of nitrogens with zero attached hydrogens (tertiary/aromatic N) is 1. The van der Waals surface area contributed by atoms with E-state index in [-0.39, 0.29) is 6.61 Å². The molecule has 13 heavy (non-hydrogen) atoms. The molecule has 0 aromatic heterocycles. The van der Waals surface area contributed by atoms with Crippen molar-refractivity contribution >= 4 is 12.1 Å². The number of nitrogens with one attached hydrogen (secondary N) is 1. The van der Waals surface area contributed by atoms with E-state index < -0.39 is 18.1 Å². The van der Waals surface area contributed by atoms with Crippen molar-refractivity contribution in [1.29, 1.82) is 5.26 Å². The number of esters is 1. The van der Waals surface area contributed by atoms with E-state index in [2.05, 4.69) is 9.47 Å². The van der Waals surface area contributed by atoms with E-state index in [1.165, 1.54) is 0 Å². The van der Waals surface area contributed by atoms with Gasteiger partial charge >= 0.3 is 12.1 Å². The van der Waals surface area contributed by atoms with Crippen LogP contribution >= 0.6 is 0 Å². The molecule has 0 saturated carbocycles. The molecule has 1 amide bonds. The molecule has 6 heteroatoms. The third-order valence-electron chi connectivity index (χ3n) is 1.10. The zero-order valence-corrected chi connectivity index (χ0v) is 7.36. The van der Waals surface area contributed by atoms with Crippen molar-refractivity contribution in [2.75, 3.05) is 13.7 Å². The van der Waals surface area contributed by atoms with Crippen LogP contribution < -0.4 is 5.32 Å². The zero-order chi connectivity index (χ0) is 10.3. The molecular formula is C7H10N2O4. The molecular weight excluding hydrogens is 176 g/mol. The number of hydrogen-bond acceptors (Lipinski definition) is 5. The van der Waals surface area contributed by atoms with Gasteiger partial charge in [-0.25, -0.2) is 9.59 Å². The Balaban J connectivity index is 4.07. The molecule has 1 atom stereocenters. The summed E-state index contributed by atoms with van der Waals surface area (Å²) in [6.45, 7) is 1.78. The van der Waals surface area contributed by atoms with Crippen molar-refractivity contribution in [3.63, 3.8) is 0 Å². The van der Waals surface area contributed by atoms with E-state index in [1.807, 2.05) is 5.32 Å². The summed E-state index contributed by atoms with van der Waals surface area (Å²) >= 11 is 0. The monoisotopic (exact) mass is 186 g/mol. The Labute approximate surface area is 75.4 Å². The molecule has 0 spiro atoms. The molecule has 0 aromatic carbocycles. The van der Waals surface area contributed by atoms with E-state index in [1.54, 1.807) is 13.0 Å². The maximum atomic E-state index is 10.8. The van der Waals surface area contributed by atoms with Crippen LogP contribution in [0.25, 0.3) is 0 Å². The van der Waals surface area contributed by atoms with Crippen molar-refractivity contribution < 1.29 is 19.1 Å². The first kappa shape index (κ1) is 11.2. The summed E-state index contributed by atoms with van der Waals surface area (Å²) in [5.41, 5.74) is 0. The average Bonchev–Trinajstić information content (AvgIpc) is 2.13. The largest absolute Gasteiger partial charge is 0.467 e. The van der Waals surface area contributed by atoms with Gasteiger partial charge in [-0.3, -0.25) is 5.32 Å². The molecule has 0 aliphatic carbocycles. The highest BCUT2D eigenvalue weighted by Gasteiger charge is 2.20. The van der Waals surface area contributed by atoms with Gasteiger partial charge in [-0.05, 0) is 6.92 Å². The Morgan fingerprint density at radius 3 is 2.62 bits per heavy atom. The number of hydrogen-bond donors (Lipinski definition) is 1. The normalized spacial score (nSPS) is 10.8. The quantitative estimate of drug-likeness (QED) is 0.616. The molecule has 0 saturated heterocycles. The topological polar surface area (TPSA) is 88.4 Å². The first-order valence-electron chi connectivity index (χ1n) is 3.56. The van der Waals surface area contributed by atoms with Crippen LogP contribution in [0.1, 0.15) is 6.92 Å². The van der Waals surface area contributed by atoms with Gasteiger partial charge in [-0.1, -0.05) is 0 Å². The molecule has 6 nitrogen and oxygen atoms in total. The van der Waals surface area contributed by atoms with Crippen LogP contribution in [0, 0.1) is 11.3 Å². The van der Waals surface area contributed by atoms with E-state index in [4.69, 9.17) is 5.26 Å². The van der Waals surface area contributed by atoms with Crippen molar-refractivity contribution in [3.05, 3.63) is 0 Å². The standard InChI is InChI=1S/C7H10N2O4/c1-3-13-7(11)9-5(4-8)6(10)12-2/h5H,3H2,1-2H3,(H,9,11)/t5-/m0/s1. The van der Waals surface area contributed by atoms with Gasteiger partial charge < -0.3 is 9.47 Å². The molecule has 0 rings (SSSR count). The summed E-state index contributed by atoms with van der Waals surface area (Å²) in [4.78, 5) is 21.5. The number of amides is 1. The molecule has 1 N–H and O–H groups in total. The minimum atomic E-state index is -1.32. The van der Waals surface area contributed by atoms with Gasteiger partial charge in [0.25, 0.3) is 0 Å². The minimum Gasteiger partial charge on any atom is -0.467 e. The van der Waals surface area contributed by atoms with Gasteiger partial charge in [-0.2, -0.15) is 5.26 Å². The molecule has 0 aromatic rings. The van der Waals surface area contributed by atoms with Crippen molar-refractivity contribution in [3.8, 4) is 6.07 Å². The summed E-state index contributed by atoms with van der Waals surface area (Å²) in [7, 11) is 1.12. The molecule has 0 unspecified atom stereocenters. The highest BCUT2D eigenvalue weighted by Crippen LogP contribution is 1.87. The Morgan fingerprint density at radius 1 is 1.62 bits per heavy atom. The summed E-state index contributed by atoms with van der Waals surface area (Å²) in [6.07, 6.45) is -0.820. The van der Waals surface area contributed by atoms with Crippen LogP contribution in [0.4, 0.5) is 4.79 Å². The van der Waals surface area contributed by atoms with E-state index >= 15 is 0 Å². The van der Waals surface area contributed by atoms with Gasteiger partial charge in [0.2, 0.25) is 6.04 Å². The molecule has 0 heterocycles. The number of rotatable bonds is 3. The van der Waals surface area contributed by atoms with Gasteiger partial charge in [0.15, 0.2) is 0 Å². The lowest BCUT2D eigenvalue weighted by Crippen LogP contribution is -2.40. The van der Waals surface area contributed by atoms with Gasteiger partial charge in [0.05, 0.1) is 19.8 Å². The van der Waals surface area contributed by atoms with Crippen molar-refractivity contribution in [2.45, 2.75) is 13.0 Å². The maximum Gasteiger partial charge on any atom is 0.408 e. The Hall–Kier alpha value is -1.77. The highest BCUT2D eigenvalue weighted by atomic mass is 16.6. The van der Waals surface area contributed by atoms with Crippen LogP contribution in [0.2, 0.25) is 0 Å². The molecule has 0 bridgehead atoms. The zero-order valence-electron chi connectivity index (χ0n) is 7.36. The number of carbonyl (C=O) groups is 2. The molecule has 0 aliphatic heterocycles. The highest BCUT2D eigenvalue weighted by molar-refractivity contribution is 5.83. The number of alkyl carbamates (subject to hydrolysis) is 1. The molecule has 0 radical (unpaired) electrons. The van der Waals surface area contributed by atoms with Crippen LogP contribution in [0.5, 0.6) is 0 Å². The third kappa shape index (κ3) is 3.96. The molecule has 0 fully saturated rings. The number of ether oxygens (including phenoxy) is 2. The van der Waals surface area contributed by atoms with Gasteiger partial charge in [-0.15, -0.1) is 0 Å². The average molecular weight is 186 g/mol. The van der Waals surface area contributed by atoms with Crippen LogP contribution in [-0.4, -0.2) is 31.8 Å². The first-order chi connectivity index (χ1) is 6.15. The lowest BCUT2D eigenvalue weighted by Gasteiger charge is -2.08. The lowest BCUT2D eigenvalue weighted by atomic mass is 10.3. The SMILES string of the molecule is CCOC(=O)N[C@@H](C#N)C(=O)OC. The number of carbonyl (C=O) groups excluding carboxylic acids is 2. The summed E-state index contributed by atoms with van der Waals surface area (Å²) in [5, 5.41) is 10.4. The third-order valence-corrected chi connectivity index (χ3v) is 1.10. The Morgan fingerprint density at radius 2 is 2.23 bits per heavy atom. The second kappa shape index (κ2) is 5.83. The van der Waals surface area contributed by atoms with Gasteiger partial charge in [0, 0.05) is 0 Å². The van der Waals surface area contributed by atoms with E-state index in [0.29, 0.717) is 0 Å². The second-order valence-corrected chi connectivity index (χ2v) is 1.95. The summed E-state index contributed by atoms with van der Waals surface area (Å²) in [5.74, 6) is -0.824. The first-order valence-corrected chi connectivity index (χ1v) is 3.56. The maximum absolute atomic E-state index is 10.8. The fourth-order valence-electron chi connectivity index (χ4n) is 0.552. The number of methoxy groups -OCH3 is 1. The van der Waals surface area contributed by atoms with E-state index in [0.717, 1.165) is 7.11 Å². The molecule has 0 aliphatic rings. The van der Waals surface area contributed by atoms with Crippen molar-refractivity contribution in [1.82, 2.24) is 5.32 Å². The van der Waals surface area contributed by atoms with Crippen LogP contribution in [0.3, 0.4) is 0 Å². The predicted octanol–water partition coefficient (Wildman–Crippen LogP) is -0.202. The van der Waals surface area contributed by atoms with Crippen LogP contribution in [-0.2, 0) is 14.3 Å². The summed E-state index contributed by atoms with van der Waals surface area (Å²) < 4.78 is 8.71. The van der Waals surface area contributed by atoms with Crippen LogP contribution in [0.15, 0.2) is 0 Å². The lowest BCUT2D eigenvalue weighted by molar-refractivity contribution is -0.141. The van der Waals surface area contributed by atoms with E-state index in [9.17, 15) is 9.59 Å². The Bertz CT molecular complexity index is 233. The summed E-state index contributed by atoms with van der Waals surface area (Å²) in [6, 6.07) is 0.240. The number of nitriles is 1. The van der Waals surface area contributed by atoms with Crippen molar-refractivity contribution in [2.24, 2.45) is 0 Å². The predicted molar refractivity (Wildman–Crippen MR) is 41.6 cm³/mol. The fourth-order valence-corrected chi connectivity index (χ4v) is 0.552. The second-order valence-electron chi connectivity index (χ2n) is 1.95. The van der Waals surface area contributed by atoms with Gasteiger partial charge in [0.1, 0.15) is 0 Å². The molecule has 72 valence electrons. The smallest absolute Gasteiger partial charge is 0.408 e. The minimum absolute atomic E-state index is 0.172.